The van der Waals surface area contributed by atoms with Gasteiger partial charge in [0.2, 0.25) is 0 Å². The third-order valence-electron chi connectivity index (χ3n) is 11.0. The Morgan fingerprint density at radius 1 is 0.952 bits per heavy atom. The van der Waals surface area contributed by atoms with Gasteiger partial charge in [-0.1, -0.05) is 57.7 Å². The van der Waals surface area contributed by atoms with Crippen LogP contribution in [-0.4, -0.2) is 36.6 Å². The predicted molar refractivity (Wildman–Crippen MR) is 164 cm³/mol. The number of hydrogen-bond donors (Lipinski definition) is 0. The van der Waals surface area contributed by atoms with Gasteiger partial charge >= 0.3 is 12.1 Å². The van der Waals surface area contributed by atoms with Crippen LogP contribution in [-0.2, 0) is 15.7 Å². The monoisotopic (exact) mass is 589 g/mol. The van der Waals surface area contributed by atoms with Crippen molar-refractivity contribution >= 4 is 5.97 Å². The van der Waals surface area contributed by atoms with E-state index in [1.807, 2.05) is 6.92 Å². The van der Waals surface area contributed by atoms with Gasteiger partial charge in [-0.25, -0.2) is 0 Å². The number of carbonyl (C=O) groups is 1. The summed E-state index contributed by atoms with van der Waals surface area (Å²) in [6.45, 7) is 13.0. The van der Waals surface area contributed by atoms with Crippen molar-refractivity contribution in [2.75, 3.05) is 19.7 Å². The second kappa shape index (κ2) is 14.8. The highest BCUT2D eigenvalue weighted by atomic mass is 19.4. The van der Waals surface area contributed by atoms with Gasteiger partial charge in [0.15, 0.2) is 0 Å². The number of allylic oxidation sites excluding steroid dienone is 1. The molecule has 1 aromatic carbocycles. The molecule has 0 N–H and O–H groups in total. The zero-order valence-electron chi connectivity index (χ0n) is 26.3. The van der Waals surface area contributed by atoms with Crippen molar-refractivity contribution in [2.45, 2.75) is 122 Å². The van der Waals surface area contributed by atoms with Gasteiger partial charge in [-0.05, 0) is 118 Å². The highest BCUT2D eigenvalue weighted by Gasteiger charge is 2.39. The van der Waals surface area contributed by atoms with Crippen LogP contribution in [0.4, 0.5) is 13.2 Å². The van der Waals surface area contributed by atoms with Crippen LogP contribution in [0.15, 0.2) is 36.9 Å². The molecule has 0 radical (unpaired) electrons. The maximum Gasteiger partial charge on any atom is 0.416 e. The first-order chi connectivity index (χ1) is 20.0. The molecule has 0 saturated heterocycles. The van der Waals surface area contributed by atoms with Gasteiger partial charge in [0, 0.05) is 19.0 Å². The van der Waals surface area contributed by atoms with E-state index in [9.17, 15) is 18.0 Å². The molecule has 0 aromatic heterocycles. The fraction of sp³-hybridized carbons (Fsp3) is 0.750. The third-order valence-corrected chi connectivity index (χ3v) is 11.0. The first-order valence-electron chi connectivity index (χ1n) is 16.7. The minimum atomic E-state index is -4.34. The molecule has 3 saturated carbocycles. The fourth-order valence-corrected chi connectivity index (χ4v) is 8.22. The number of carbonyl (C=O) groups excluding carboxylic acids is 1. The summed E-state index contributed by atoms with van der Waals surface area (Å²) in [4.78, 5) is 15.1. The Kier molecular flexibility index (Phi) is 11.6. The van der Waals surface area contributed by atoms with Crippen molar-refractivity contribution in [1.82, 2.24) is 4.90 Å². The molecule has 4 rings (SSSR count). The van der Waals surface area contributed by atoms with E-state index in [4.69, 9.17) is 4.74 Å². The molecule has 0 heterocycles. The molecule has 0 spiro atoms. The van der Waals surface area contributed by atoms with Crippen LogP contribution in [0.25, 0.3) is 0 Å². The molecule has 1 aromatic rings. The molecule has 42 heavy (non-hydrogen) atoms. The SMILES string of the molecule is C=CC(C)(C)C1CCC(CN(CCC2CCCC2)[C@@H]2CC[C@@H](CC(=O)OCC)C[C@H]2c2ccc(C(F)(F)F)cc2)CC1. The van der Waals surface area contributed by atoms with Crippen molar-refractivity contribution in [2.24, 2.45) is 29.1 Å². The minimum Gasteiger partial charge on any atom is -0.466 e. The summed E-state index contributed by atoms with van der Waals surface area (Å²) in [6.07, 6.45) is 12.4. The van der Waals surface area contributed by atoms with Crippen LogP contribution < -0.4 is 0 Å². The number of hydrogen-bond acceptors (Lipinski definition) is 3. The lowest BCUT2D eigenvalue weighted by Crippen LogP contribution is -2.46. The zero-order valence-corrected chi connectivity index (χ0v) is 26.3. The number of alkyl halides is 3. The normalized spacial score (nSPS) is 27.7. The summed E-state index contributed by atoms with van der Waals surface area (Å²) < 4.78 is 45.5. The van der Waals surface area contributed by atoms with Crippen molar-refractivity contribution in [3.63, 3.8) is 0 Å². The fourth-order valence-electron chi connectivity index (χ4n) is 8.22. The van der Waals surface area contributed by atoms with Crippen molar-refractivity contribution in [3.05, 3.63) is 48.0 Å². The molecule has 0 amide bonds. The van der Waals surface area contributed by atoms with E-state index in [0.717, 1.165) is 43.8 Å². The van der Waals surface area contributed by atoms with Gasteiger partial charge in [-0.15, -0.1) is 6.58 Å². The quantitative estimate of drug-likeness (QED) is 0.180. The van der Waals surface area contributed by atoms with Gasteiger partial charge in [0.1, 0.15) is 0 Å². The molecular weight excluding hydrogens is 535 g/mol. The number of ether oxygens (including phenoxy) is 1. The molecule has 0 unspecified atom stereocenters. The number of esters is 1. The smallest absolute Gasteiger partial charge is 0.416 e. The van der Waals surface area contributed by atoms with E-state index in [1.165, 1.54) is 69.9 Å². The molecule has 3 fully saturated rings. The van der Waals surface area contributed by atoms with E-state index in [1.54, 1.807) is 12.1 Å². The minimum absolute atomic E-state index is 0.111. The average molecular weight is 590 g/mol. The van der Waals surface area contributed by atoms with Crippen LogP contribution in [0.5, 0.6) is 0 Å². The highest BCUT2D eigenvalue weighted by molar-refractivity contribution is 5.69. The van der Waals surface area contributed by atoms with Crippen LogP contribution in [0.1, 0.15) is 121 Å². The highest BCUT2D eigenvalue weighted by Crippen LogP contribution is 2.44. The lowest BCUT2D eigenvalue weighted by molar-refractivity contribution is -0.144. The Morgan fingerprint density at radius 2 is 1.60 bits per heavy atom. The second-order valence-corrected chi connectivity index (χ2v) is 14.2. The summed E-state index contributed by atoms with van der Waals surface area (Å²) >= 11 is 0. The van der Waals surface area contributed by atoms with Gasteiger partial charge in [0.05, 0.1) is 12.2 Å². The Labute approximate surface area is 252 Å². The maximum atomic E-state index is 13.4. The first-order valence-corrected chi connectivity index (χ1v) is 16.7. The van der Waals surface area contributed by atoms with E-state index < -0.39 is 11.7 Å². The van der Waals surface area contributed by atoms with E-state index in [2.05, 4.69) is 31.4 Å². The Balaban J connectivity index is 1.54. The lowest BCUT2D eigenvalue weighted by atomic mass is 9.68. The van der Waals surface area contributed by atoms with Crippen LogP contribution in [0.2, 0.25) is 0 Å². The van der Waals surface area contributed by atoms with Crippen molar-refractivity contribution in [3.8, 4) is 0 Å². The molecule has 3 aliphatic rings. The summed E-state index contributed by atoms with van der Waals surface area (Å²) in [7, 11) is 0. The second-order valence-electron chi connectivity index (χ2n) is 14.2. The van der Waals surface area contributed by atoms with Crippen LogP contribution >= 0.6 is 0 Å². The largest absolute Gasteiger partial charge is 0.466 e. The van der Waals surface area contributed by atoms with Crippen LogP contribution in [0, 0.1) is 29.1 Å². The van der Waals surface area contributed by atoms with E-state index in [0.29, 0.717) is 24.9 Å². The number of benzene rings is 1. The van der Waals surface area contributed by atoms with E-state index >= 15 is 0 Å². The average Bonchev–Trinajstić information content (AvgIpc) is 3.49. The molecule has 6 heteroatoms. The Hall–Kier alpha value is -1.82. The molecule has 3 nitrogen and oxygen atoms in total. The summed E-state index contributed by atoms with van der Waals surface area (Å²) in [6, 6.07) is 6.17. The Bertz CT molecular complexity index is 990. The molecule has 0 aliphatic heterocycles. The van der Waals surface area contributed by atoms with E-state index in [-0.39, 0.29) is 29.3 Å². The zero-order chi connectivity index (χ0) is 30.3. The number of rotatable bonds is 12. The number of halogens is 3. The van der Waals surface area contributed by atoms with Gasteiger partial charge < -0.3 is 4.74 Å². The van der Waals surface area contributed by atoms with Gasteiger partial charge in [-0.2, -0.15) is 13.2 Å². The topological polar surface area (TPSA) is 29.5 Å². The third kappa shape index (κ3) is 8.86. The summed E-state index contributed by atoms with van der Waals surface area (Å²) in [5, 5.41) is 0. The standard InChI is InChI=1S/C36H54F3NO2/c1-5-35(3,4)30-16-11-27(12-17-30)25-40(22-21-26-9-7-8-10-26)33-20-13-28(24-34(41)42-6-2)23-32(33)29-14-18-31(19-15-29)36(37,38)39/h5,14-15,18-19,26-28,30,32-33H,1,6-13,16-17,20-25H2,2-4H3/t27?,28-,30?,32+,33-/m1/s1. The van der Waals surface area contributed by atoms with Gasteiger partial charge in [-0.3, -0.25) is 9.69 Å². The maximum absolute atomic E-state index is 13.4. The number of nitrogens with zero attached hydrogens (tertiary/aromatic N) is 1. The molecule has 0 bridgehead atoms. The first kappa shape index (κ1) is 33.1. The molecule has 236 valence electrons. The van der Waals surface area contributed by atoms with Crippen molar-refractivity contribution in [1.29, 1.82) is 0 Å². The summed E-state index contributed by atoms with van der Waals surface area (Å²) in [5.41, 5.74) is 0.542. The molecule has 3 atom stereocenters. The molecular formula is C36H54F3NO2. The van der Waals surface area contributed by atoms with Crippen LogP contribution in [0.3, 0.4) is 0 Å². The molecule has 3 aliphatic carbocycles. The lowest BCUT2D eigenvalue weighted by Gasteiger charge is -2.45. The van der Waals surface area contributed by atoms with Gasteiger partial charge in [0.25, 0.3) is 0 Å². The summed E-state index contributed by atoms with van der Waals surface area (Å²) in [5.74, 6) is 2.26. The predicted octanol–water partition coefficient (Wildman–Crippen LogP) is 9.81. The van der Waals surface area contributed by atoms with Crippen molar-refractivity contribution < 1.29 is 22.7 Å². The Morgan fingerprint density at radius 3 is 2.19 bits per heavy atom.